The summed E-state index contributed by atoms with van der Waals surface area (Å²) >= 11 is 0. The molecule has 0 spiro atoms. The minimum absolute atomic E-state index is 0.989. The zero-order chi connectivity index (χ0) is 49.0. The Bertz CT molecular complexity index is 4280. The van der Waals surface area contributed by atoms with Gasteiger partial charge in [0.1, 0.15) is 0 Å². The van der Waals surface area contributed by atoms with Crippen LogP contribution in [0.4, 0.5) is 34.1 Å². The molecule has 350 valence electrons. The van der Waals surface area contributed by atoms with Crippen molar-refractivity contribution in [2.45, 2.75) is 26.7 Å². The summed E-state index contributed by atoms with van der Waals surface area (Å²) < 4.78 is 5.26. The average Bonchev–Trinajstić information content (AvgIpc) is 4.30. The molecular formula is C70H50N4. The molecule has 0 fully saturated rings. The van der Waals surface area contributed by atoms with Gasteiger partial charge in [-0.05, 0) is 108 Å². The maximum Gasteiger partial charge on any atom is 0.0642 e. The number of benzene rings is 11. The van der Waals surface area contributed by atoms with Gasteiger partial charge in [0.15, 0.2) is 0 Å². The van der Waals surface area contributed by atoms with Gasteiger partial charge in [0, 0.05) is 77.0 Å². The summed E-state index contributed by atoms with van der Waals surface area (Å²) in [4.78, 5) is 4.92. The molecule has 0 saturated carbocycles. The Morgan fingerprint density at radius 1 is 0.284 bits per heavy atom. The molecule has 0 unspecified atom stereocenters. The molecule has 4 aromatic heterocycles. The zero-order valence-corrected chi connectivity index (χ0v) is 41.3. The van der Waals surface area contributed by atoms with Crippen LogP contribution in [0.15, 0.2) is 243 Å². The van der Waals surface area contributed by atoms with Crippen LogP contribution in [0.25, 0.3) is 98.4 Å². The van der Waals surface area contributed by atoms with E-state index in [4.69, 9.17) is 0 Å². The topological polar surface area (TPSA) is 15.3 Å². The Labute approximate surface area is 429 Å². The third-order valence-electron chi connectivity index (χ3n) is 15.9. The number of hydrogen-bond donors (Lipinski definition) is 0. The summed E-state index contributed by atoms with van der Waals surface area (Å²) in [6, 6.07) is 90.2. The molecule has 0 atom stereocenters. The molecule has 0 radical (unpaired) electrons. The van der Waals surface area contributed by atoms with Gasteiger partial charge in [-0.3, -0.25) is 0 Å². The van der Waals surface area contributed by atoms with E-state index in [0.29, 0.717) is 0 Å². The normalized spacial score (nSPS) is 12.0. The highest BCUT2D eigenvalue weighted by atomic mass is 15.2. The number of aryl methyl sites for hydroxylation is 2. The molecule has 11 aromatic carbocycles. The van der Waals surface area contributed by atoms with Crippen LogP contribution in [0.2, 0.25) is 0 Å². The summed E-state index contributed by atoms with van der Waals surface area (Å²) in [5, 5.41) is 9.92. The smallest absolute Gasteiger partial charge is 0.0642 e. The standard InChI is InChI=1S/C70H50N4/c1-3-45-33-37-51(38-34-45)71(49-25-13-7-14-26-49)59-43-41-55-65-61(47-21-9-5-10-22-47)70-66(62(48-23-11-6-12-24-48)69(65)73-57-31-19-17-29-53(57)63(59)67(55)73)56-42-44-60(64-54-30-18-20-32-58(54)74(70)68(56)64)72(50-27-15-8-16-28-50)52-39-35-46(4-2)36-40-52/h5-44H,3-4H2,1-2H3. The molecular weight excluding hydrogens is 897 g/mol. The molecule has 0 aliphatic rings. The Balaban J connectivity index is 1.15. The first kappa shape index (κ1) is 42.3. The molecule has 15 aromatic rings. The lowest BCUT2D eigenvalue weighted by Crippen LogP contribution is -2.10. The molecule has 4 heteroatoms. The largest absolute Gasteiger partial charge is 0.310 e. The number of rotatable bonds is 10. The van der Waals surface area contributed by atoms with Crippen molar-refractivity contribution in [3.8, 4) is 22.3 Å². The maximum atomic E-state index is 2.63. The van der Waals surface area contributed by atoms with Crippen molar-refractivity contribution in [3.05, 3.63) is 254 Å². The maximum absolute atomic E-state index is 2.63. The number of fused-ring (bicyclic) bond motifs is 12. The van der Waals surface area contributed by atoms with Crippen molar-refractivity contribution in [1.82, 2.24) is 8.80 Å². The predicted molar refractivity (Wildman–Crippen MR) is 315 cm³/mol. The third kappa shape index (κ3) is 6.03. The number of hydrogen-bond acceptors (Lipinski definition) is 2. The Kier molecular flexibility index (Phi) is 9.49. The lowest BCUT2D eigenvalue weighted by atomic mass is 9.89. The average molecular weight is 947 g/mol. The fraction of sp³-hybridized carbons (Fsp3) is 0.0571. The van der Waals surface area contributed by atoms with E-state index >= 15 is 0 Å². The molecule has 0 aliphatic carbocycles. The summed E-state index contributed by atoms with van der Waals surface area (Å²) in [7, 11) is 0. The monoisotopic (exact) mass is 946 g/mol. The Morgan fingerprint density at radius 3 is 1.00 bits per heavy atom. The van der Waals surface area contributed by atoms with Crippen LogP contribution in [0, 0.1) is 0 Å². The van der Waals surface area contributed by atoms with E-state index in [1.54, 1.807) is 0 Å². The van der Waals surface area contributed by atoms with E-state index in [9.17, 15) is 0 Å². The van der Waals surface area contributed by atoms with E-state index in [2.05, 4.69) is 275 Å². The third-order valence-corrected chi connectivity index (χ3v) is 15.9. The molecule has 4 nitrogen and oxygen atoms in total. The van der Waals surface area contributed by atoms with Crippen LogP contribution < -0.4 is 9.80 Å². The van der Waals surface area contributed by atoms with Crippen LogP contribution in [0.3, 0.4) is 0 Å². The van der Waals surface area contributed by atoms with Crippen molar-refractivity contribution in [1.29, 1.82) is 0 Å². The van der Waals surface area contributed by atoms with E-state index in [-0.39, 0.29) is 0 Å². The molecule has 74 heavy (non-hydrogen) atoms. The molecule has 0 aliphatic heterocycles. The number of para-hydroxylation sites is 4. The van der Waals surface area contributed by atoms with Crippen LogP contribution in [-0.4, -0.2) is 8.80 Å². The van der Waals surface area contributed by atoms with Gasteiger partial charge in [-0.25, -0.2) is 0 Å². The van der Waals surface area contributed by atoms with Crippen molar-refractivity contribution in [3.63, 3.8) is 0 Å². The van der Waals surface area contributed by atoms with E-state index in [0.717, 1.165) is 47.0 Å². The Morgan fingerprint density at radius 2 is 0.622 bits per heavy atom. The number of aromatic nitrogens is 2. The molecule has 15 rings (SSSR count). The fourth-order valence-electron chi connectivity index (χ4n) is 12.6. The molecule has 0 N–H and O–H groups in total. The highest BCUT2D eigenvalue weighted by Crippen LogP contribution is 2.57. The van der Waals surface area contributed by atoms with Crippen molar-refractivity contribution < 1.29 is 0 Å². The van der Waals surface area contributed by atoms with Crippen molar-refractivity contribution in [2.75, 3.05) is 9.80 Å². The SMILES string of the molecule is CCc1ccc(N(c2ccccc2)c2ccc3c4c(-c5ccccc5)c5c(c(-c6ccccc6)c4n4c6ccccc6c2c34)c2ccc(N(c3ccccc3)c3ccc(CC)cc3)c3c4ccccc4n5c23)cc1. The van der Waals surface area contributed by atoms with E-state index in [1.165, 1.54) is 110 Å². The van der Waals surface area contributed by atoms with Gasteiger partial charge in [0.25, 0.3) is 0 Å². The minimum atomic E-state index is 0.989. The molecule has 0 bridgehead atoms. The molecule has 0 saturated heterocycles. The van der Waals surface area contributed by atoms with Crippen LogP contribution in [0.5, 0.6) is 0 Å². The summed E-state index contributed by atoms with van der Waals surface area (Å²) in [5.41, 5.74) is 21.6. The van der Waals surface area contributed by atoms with Crippen molar-refractivity contribution >= 4 is 110 Å². The number of anilines is 6. The van der Waals surface area contributed by atoms with Crippen molar-refractivity contribution in [2.24, 2.45) is 0 Å². The second kappa shape index (κ2) is 16.6. The lowest BCUT2D eigenvalue weighted by Gasteiger charge is -2.26. The van der Waals surface area contributed by atoms with Crippen LogP contribution >= 0.6 is 0 Å². The van der Waals surface area contributed by atoms with Gasteiger partial charge in [-0.1, -0.05) is 184 Å². The predicted octanol–water partition coefficient (Wildman–Crippen LogP) is 19.4. The summed E-state index contributed by atoms with van der Waals surface area (Å²) in [5.74, 6) is 0. The van der Waals surface area contributed by atoms with Gasteiger partial charge in [0.2, 0.25) is 0 Å². The van der Waals surface area contributed by atoms with Gasteiger partial charge >= 0.3 is 0 Å². The van der Waals surface area contributed by atoms with Gasteiger partial charge in [-0.2, -0.15) is 0 Å². The van der Waals surface area contributed by atoms with E-state index in [1.807, 2.05) is 0 Å². The summed E-state index contributed by atoms with van der Waals surface area (Å²) in [6.07, 6.45) is 1.98. The quantitative estimate of drug-likeness (QED) is 0.136. The van der Waals surface area contributed by atoms with Gasteiger partial charge in [-0.15, -0.1) is 0 Å². The first-order valence-corrected chi connectivity index (χ1v) is 26.1. The van der Waals surface area contributed by atoms with Crippen LogP contribution in [0.1, 0.15) is 25.0 Å². The molecule has 4 heterocycles. The highest BCUT2D eigenvalue weighted by molar-refractivity contribution is 6.39. The number of nitrogens with zero attached hydrogens (tertiary/aromatic N) is 4. The minimum Gasteiger partial charge on any atom is -0.310 e. The second-order valence-corrected chi connectivity index (χ2v) is 19.7. The van der Waals surface area contributed by atoms with E-state index < -0.39 is 0 Å². The zero-order valence-electron chi connectivity index (χ0n) is 41.3. The van der Waals surface area contributed by atoms with Gasteiger partial charge in [0.05, 0.1) is 44.5 Å². The highest BCUT2D eigenvalue weighted by Gasteiger charge is 2.33. The van der Waals surface area contributed by atoms with Gasteiger partial charge < -0.3 is 18.6 Å². The second-order valence-electron chi connectivity index (χ2n) is 19.7. The first-order chi connectivity index (χ1) is 36.7. The Hall–Kier alpha value is -9.38. The summed E-state index contributed by atoms with van der Waals surface area (Å²) in [6.45, 7) is 4.45. The lowest BCUT2D eigenvalue weighted by molar-refractivity contribution is 1.14. The first-order valence-electron chi connectivity index (χ1n) is 26.1. The van der Waals surface area contributed by atoms with Crippen LogP contribution in [-0.2, 0) is 12.8 Å². The molecule has 0 amide bonds. The fourth-order valence-corrected chi connectivity index (χ4v) is 12.6.